The number of aromatic nitrogens is 3. The topological polar surface area (TPSA) is 80.0 Å². The minimum atomic E-state index is -0.980. The van der Waals surface area contributed by atoms with Gasteiger partial charge in [-0.05, 0) is 19.2 Å². The fourth-order valence-corrected chi connectivity index (χ4v) is 1.60. The molecule has 0 unspecified atom stereocenters. The molecule has 0 saturated carbocycles. The highest BCUT2D eigenvalue weighted by Gasteiger charge is 2.13. The fraction of sp³-hybridized carbons (Fsp3) is 0.182. The average molecular weight is 232 g/mol. The van der Waals surface area contributed by atoms with E-state index in [-0.39, 0.29) is 5.56 Å². The standard InChI is InChI=1S/C11H12N4O2/c1-12-6-8-7-13-14-15(8)10-5-3-2-4-9(10)11(16)17/h2-5,7,12H,6H2,1H3,(H,16,17). The molecule has 1 heterocycles. The van der Waals surface area contributed by atoms with E-state index in [4.69, 9.17) is 5.11 Å². The third-order valence-corrected chi connectivity index (χ3v) is 2.34. The summed E-state index contributed by atoms with van der Waals surface area (Å²) >= 11 is 0. The van der Waals surface area contributed by atoms with E-state index in [1.807, 2.05) is 0 Å². The van der Waals surface area contributed by atoms with Crippen molar-refractivity contribution in [2.45, 2.75) is 6.54 Å². The first-order valence-corrected chi connectivity index (χ1v) is 5.11. The van der Waals surface area contributed by atoms with Crippen molar-refractivity contribution >= 4 is 5.97 Å². The van der Waals surface area contributed by atoms with Crippen molar-refractivity contribution in [2.24, 2.45) is 0 Å². The van der Waals surface area contributed by atoms with Crippen LogP contribution in [-0.2, 0) is 6.54 Å². The molecule has 0 amide bonds. The molecular weight excluding hydrogens is 220 g/mol. The molecule has 0 radical (unpaired) electrons. The van der Waals surface area contributed by atoms with Crippen LogP contribution in [0.25, 0.3) is 5.69 Å². The van der Waals surface area contributed by atoms with E-state index < -0.39 is 5.97 Å². The van der Waals surface area contributed by atoms with Gasteiger partial charge in [0.15, 0.2) is 0 Å². The Morgan fingerprint density at radius 3 is 2.94 bits per heavy atom. The Bertz CT molecular complexity index is 536. The maximum atomic E-state index is 11.1. The summed E-state index contributed by atoms with van der Waals surface area (Å²) in [5.74, 6) is -0.980. The lowest BCUT2D eigenvalue weighted by atomic mass is 10.2. The summed E-state index contributed by atoms with van der Waals surface area (Å²) in [6.45, 7) is 0.570. The lowest BCUT2D eigenvalue weighted by molar-refractivity contribution is 0.0696. The Kier molecular flexibility index (Phi) is 3.15. The zero-order valence-electron chi connectivity index (χ0n) is 9.29. The van der Waals surface area contributed by atoms with Gasteiger partial charge in [0.05, 0.1) is 23.1 Å². The van der Waals surface area contributed by atoms with Crippen molar-refractivity contribution < 1.29 is 9.90 Å². The highest BCUT2D eigenvalue weighted by molar-refractivity contribution is 5.91. The van der Waals surface area contributed by atoms with Crippen LogP contribution in [-0.4, -0.2) is 33.1 Å². The van der Waals surface area contributed by atoms with Crippen molar-refractivity contribution in [1.29, 1.82) is 0 Å². The van der Waals surface area contributed by atoms with Crippen LogP contribution in [0.15, 0.2) is 30.5 Å². The molecule has 0 fully saturated rings. The molecule has 0 aliphatic rings. The molecule has 2 aromatic rings. The number of aromatic carboxylic acids is 1. The molecule has 2 rings (SSSR count). The number of rotatable bonds is 4. The van der Waals surface area contributed by atoms with Gasteiger partial charge in [0.1, 0.15) is 0 Å². The van der Waals surface area contributed by atoms with Crippen LogP contribution >= 0.6 is 0 Å². The molecule has 6 nitrogen and oxygen atoms in total. The number of benzene rings is 1. The number of hydrogen-bond acceptors (Lipinski definition) is 4. The molecule has 2 N–H and O–H groups in total. The largest absolute Gasteiger partial charge is 0.478 e. The zero-order chi connectivity index (χ0) is 12.3. The van der Waals surface area contributed by atoms with Crippen molar-refractivity contribution in [3.05, 3.63) is 41.7 Å². The Hall–Kier alpha value is -2.21. The summed E-state index contributed by atoms with van der Waals surface area (Å²) in [6.07, 6.45) is 1.61. The van der Waals surface area contributed by atoms with Crippen LogP contribution in [0.3, 0.4) is 0 Å². The van der Waals surface area contributed by atoms with Crippen LogP contribution in [0.4, 0.5) is 0 Å². The van der Waals surface area contributed by atoms with E-state index in [0.717, 1.165) is 5.69 Å². The molecule has 0 saturated heterocycles. The minimum absolute atomic E-state index is 0.204. The van der Waals surface area contributed by atoms with Gasteiger partial charge < -0.3 is 10.4 Å². The van der Waals surface area contributed by atoms with Crippen molar-refractivity contribution in [2.75, 3.05) is 7.05 Å². The maximum absolute atomic E-state index is 11.1. The summed E-state index contributed by atoms with van der Waals surface area (Å²) in [4.78, 5) is 11.1. The van der Waals surface area contributed by atoms with E-state index in [2.05, 4.69) is 15.6 Å². The number of carbonyl (C=O) groups is 1. The predicted molar refractivity (Wildman–Crippen MR) is 61.1 cm³/mol. The maximum Gasteiger partial charge on any atom is 0.337 e. The van der Waals surface area contributed by atoms with Gasteiger partial charge in [0.2, 0.25) is 0 Å². The summed E-state index contributed by atoms with van der Waals surface area (Å²) in [6, 6.07) is 6.70. The Balaban J connectivity index is 2.52. The van der Waals surface area contributed by atoms with Gasteiger partial charge in [-0.3, -0.25) is 0 Å². The second-order valence-corrected chi connectivity index (χ2v) is 3.49. The second kappa shape index (κ2) is 4.75. The summed E-state index contributed by atoms with van der Waals surface area (Å²) < 4.78 is 1.53. The van der Waals surface area contributed by atoms with Crippen LogP contribution in [0.5, 0.6) is 0 Å². The lowest BCUT2D eigenvalue weighted by Crippen LogP contribution is -2.13. The fourth-order valence-electron chi connectivity index (χ4n) is 1.60. The monoisotopic (exact) mass is 232 g/mol. The zero-order valence-corrected chi connectivity index (χ0v) is 9.29. The van der Waals surface area contributed by atoms with Crippen molar-refractivity contribution in [3.63, 3.8) is 0 Å². The molecule has 17 heavy (non-hydrogen) atoms. The van der Waals surface area contributed by atoms with Gasteiger partial charge >= 0.3 is 5.97 Å². The quantitative estimate of drug-likeness (QED) is 0.810. The SMILES string of the molecule is CNCc1cnnn1-c1ccccc1C(=O)O. The molecule has 0 aliphatic heterocycles. The molecule has 6 heteroatoms. The van der Waals surface area contributed by atoms with Gasteiger partial charge in [0, 0.05) is 6.54 Å². The predicted octanol–water partition coefficient (Wildman–Crippen LogP) is 0.685. The number of hydrogen-bond donors (Lipinski definition) is 2. The highest BCUT2D eigenvalue weighted by atomic mass is 16.4. The van der Waals surface area contributed by atoms with Crippen LogP contribution in [0.1, 0.15) is 16.1 Å². The molecule has 0 atom stereocenters. The molecule has 88 valence electrons. The number of carboxylic acids is 1. The summed E-state index contributed by atoms with van der Waals surface area (Å²) in [5.41, 5.74) is 1.53. The molecule has 1 aromatic heterocycles. The smallest absolute Gasteiger partial charge is 0.337 e. The molecule has 0 aliphatic carbocycles. The number of nitrogens with zero attached hydrogens (tertiary/aromatic N) is 3. The second-order valence-electron chi connectivity index (χ2n) is 3.49. The average Bonchev–Trinajstić information content (AvgIpc) is 2.77. The van der Waals surface area contributed by atoms with E-state index in [9.17, 15) is 4.79 Å². The first-order chi connectivity index (χ1) is 8.24. The number of para-hydroxylation sites is 1. The van der Waals surface area contributed by atoms with Gasteiger partial charge in [-0.2, -0.15) is 0 Å². The van der Waals surface area contributed by atoms with Crippen LogP contribution < -0.4 is 5.32 Å². The number of nitrogens with one attached hydrogen (secondary N) is 1. The summed E-state index contributed by atoms with van der Waals surface area (Å²) in [7, 11) is 1.81. The van der Waals surface area contributed by atoms with Crippen LogP contribution in [0.2, 0.25) is 0 Å². The lowest BCUT2D eigenvalue weighted by Gasteiger charge is -2.08. The van der Waals surface area contributed by atoms with Gasteiger partial charge in [-0.15, -0.1) is 5.10 Å². The molecule has 1 aromatic carbocycles. The van der Waals surface area contributed by atoms with Gasteiger partial charge in [-0.25, -0.2) is 9.48 Å². The highest BCUT2D eigenvalue weighted by Crippen LogP contribution is 2.15. The third kappa shape index (κ3) is 2.16. The normalized spacial score (nSPS) is 10.4. The first kappa shape index (κ1) is 11.3. The first-order valence-electron chi connectivity index (χ1n) is 5.11. The van der Waals surface area contributed by atoms with Crippen LogP contribution in [0, 0.1) is 0 Å². The molecule has 0 bridgehead atoms. The van der Waals surface area contributed by atoms with Gasteiger partial charge in [-0.1, -0.05) is 17.3 Å². The van der Waals surface area contributed by atoms with Crippen molar-refractivity contribution in [1.82, 2.24) is 20.3 Å². The number of carboxylic acid groups (broad SMARTS) is 1. The summed E-state index contributed by atoms with van der Waals surface area (Å²) in [5, 5.41) is 19.8. The van der Waals surface area contributed by atoms with Gasteiger partial charge in [0.25, 0.3) is 0 Å². The van der Waals surface area contributed by atoms with Crippen molar-refractivity contribution in [3.8, 4) is 5.69 Å². The van der Waals surface area contributed by atoms with E-state index >= 15 is 0 Å². The molecular formula is C11H12N4O2. The third-order valence-electron chi connectivity index (χ3n) is 2.34. The van der Waals surface area contributed by atoms with E-state index in [0.29, 0.717) is 12.2 Å². The van der Waals surface area contributed by atoms with E-state index in [1.165, 1.54) is 4.68 Å². The molecule has 0 spiro atoms. The Labute approximate surface area is 97.9 Å². The van der Waals surface area contributed by atoms with E-state index in [1.54, 1.807) is 37.5 Å². The minimum Gasteiger partial charge on any atom is -0.478 e. The Morgan fingerprint density at radius 1 is 1.47 bits per heavy atom. The Morgan fingerprint density at radius 2 is 2.24 bits per heavy atom.